The number of unbranched alkanes of at least 4 members (excludes halogenated alkanes) is 4. The third-order valence-corrected chi connectivity index (χ3v) is 3.10. The third-order valence-electron chi connectivity index (χ3n) is 2.53. The van der Waals surface area contributed by atoms with E-state index in [2.05, 4.69) is 22.2 Å². The Morgan fingerprint density at radius 2 is 1.78 bits per heavy atom. The van der Waals surface area contributed by atoms with Crippen LogP contribution < -0.4 is 5.32 Å². The number of anilines is 1. The van der Waals surface area contributed by atoms with Gasteiger partial charge >= 0.3 is 0 Å². The van der Waals surface area contributed by atoms with E-state index in [1.807, 2.05) is 0 Å². The van der Waals surface area contributed by atoms with E-state index in [1.54, 1.807) is 0 Å². The van der Waals surface area contributed by atoms with E-state index in [4.69, 9.17) is 23.2 Å². The fourth-order valence-electron chi connectivity index (χ4n) is 1.54. The molecular weight excluding hydrogens is 273 g/mol. The molecule has 1 heterocycles. The molecule has 100 valence electrons. The molecule has 0 atom stereocenters. The zero-order valence-electron chi connectivity index (χ0n) is 10.4. The molecular formula is C12H17Cl2N3O. The minimum Gasteiger partial charge on any atom is -0.321 e. The average molecular weight is 290 g/mol. The van der Waals surface area contributed by atoms with Crippen molar-refractivity contribution in [3.8, 4) is 0 Å². The van der Waals surface area contributed by atoms with Gasteiger partial charge in [-0.2, -0.15) is 0 Å². The molecule has 4 nitrogen and oxygen atoms in total. The maximum absolute atomic E-state index is 11.7. The van der Waals surface area contributed by atoms with Gasteiger partial charge in [0.05, 0.1) is 0 Å². The summed E-state index contributed by atoms with van der Waals surface area (Å²) in [5.74, 6) is -0.106. The van der Waals surface area contributed by atoms with E-state index >= 15 is 0 Å². The average Bonchev–Trinajstić information content (AvgIpc) is 2.34. The normalized spacial score (nSPS) is 10.4. The molecule has 0 aliphatic heterocycles. The van der Waals surface area contributed by atoms with Crippen molar-refractivity contribution in [1.82, 2.24) is 9.97 Å². The van der Waals surface area contributed by atoms with Gasteiger partial charge in [-0.15, -0.1) is 0 Å². The molecule has 0 spiro atoms. The molecule has 0 aliphatic rings. The Kier molecular flexibility index (Phi) is 6.98. The zero-order chi connectivity index (χ0) is 13.4. The second-order valence-electron chi connectivity index (χ2n) is 4.04. The number of halogens is 2. The van der Waals surface area contributed by atoms with Crippen molar-refractivity contribution < 1.29 is 4.79 Å². The molecule has 0 bridgehead atoms. The van der Waals surface area contributed by atoms with Crippen LogP contribution in [-0.2, 0) is 4.79 Å². The number of carbonyl (C=O) groups is 1. The first kappa shape index (κ1) is 15.2. The van der Waals surface area contributed by atoms with Crippen LogP contribution in [0.4, 0.5) is 5.69 Å². The van der Waals surface area contributed by atoms with Gasteiger partial charge in [0, 0.05) is 6.42 Å². The van der Waals surface area contributed by atoms with Gasteiger partial charge in [-0.1, -0.05) is 55.8 Å². The summed E-state index contributed by atoms with van der Waals surface area (Å²) in [4.78, 5) is 19.2. The van der Waals surface area contributed by atoms with Crippen LogP contribution in [0, 0.1) is 0 Å². The van der Waals surface area contributed by atoms with Crippen molar-refractivity contribution in [3.63, 3.8) is 0 Å². The number of aromatic nitrogens is 2. The molecule has 0 aliphatic carbocycles. The SMILES string of the molecule is CCCCCCCC(=O)Nc1c(Cl)ncnc1Cl. The summed E-state index contributed by atoms with van der Waals surface area (Å²) in [5.41, 5.74) is 0.291. The predicted molar refractivity (Wildman–Crippen MR) is 74.1 cm³/mol. The summed E-state index contributed by atoms with van der Waals surface area (Å²) in [7, 11) is 0. The van der Waals surface area contributed by atoms with E-state index in [0.29, 0.717) is 12.1 Å². The van der Waals surface area contributed by atoms with Crippen LogP contribution in [0.15, 0.2) is 6.33 Å². The second kappa shape index (κ2) is 8.27. The molecule has 1 N–H and O–H groups in total. The number of carbonyl (C=O) groups excluding carboxylic acids is 1. The number of rotatable bonds is 7. The highest BCUT2D eigenvalue weighted by atomic mass is 35.5. The van der Waals surface area contributed by atoms with Crippen molar-refractivity contribution in [2.45, 2.75) is 45.4 Å². The maximum atomic E-state index is 11.7. The highest BCUT2D eigenvalue weighted by molar-refractivity contribution is 6.38. The molecule has 1 aromatic rings. The molecule has 1 rings (SSSR count). The van der Waals surface area contributed by atoms with Gasteiger partial charge in [0.15, 0.2) is 10.3 Å². The Morgan fingerprint density at radius 3 is 2.39 bits per heavy atom. The van der Waals surface area contributed by atoms with E-state index < -0.39 is 0 Å². The van der Waals surface area contributed by atoms with E-state index in [1.165, 1.54) is 25.6 Å². The maximum Gasteiger partial charge on any atom is 0.224 e. The molecule has 6 heteroatoms. The van der Waals surface area contributed by atoms with Crippen molar-refractivity contribution in [3.05, 3.63) is 16.6 Å². The van der Waals surface area contributed by atoms with Gasteiger partial charge in [-0.25, -0.2) is 9.97 Å². The van der Waals surface area contributed by atoms with Crippen molar-refractivity contribution in [1.29, 1.82) is 0 Å². The highest BCUT2D eigenvalue weighted by Crippen LogP contribution is 2.25. The second-order valence-corrected chi connectivity index (χ2v) is 4.76. The van der Waals surface area contributed by atoms with Gasteiger partial charge in [0.1, 0.15) is 12.0 Å². The third kappa shape index (κ3) is 5.19. The topological polar surface area (TPSA) is 54.9 Å². The van der Waals surface area contributed by atoms with Crippen LogP contribution in [0.2, 0.25) is 10.3 Å². The molecule has 0 saturated carbocycles. The van der Waals surface area contributed by atoms with Gasteiger partial charge in [0.25, 0.3) is 0 Å². The lowest BCUT2D eigenvalue weighted by Gasteiger charge is -2.07. The fourth-order valence-corrected chi connectivity index (χ4v) is 1.95. The Balaban J connectivity index is 2.36. The predicted octanol–water partition coefficient (Wildman–Crippen LogP) is 4.08. The fraction of sp³-hybridized carbons (Fsp3) is 0.583. The Hall–Kier alpha value is -0.870. The first-order chi connectivity index (χ1) is 8.65. The molecule has 0 radical (unpaired) electrons. The molecule has 0 saturated heterocycles. The largest absolute Gasteiger partial charge is 0.321 e. The van der Waals surface area contributed by atoms with Crippen molar-refractivity contribution >= 4 is 34.8 Å². The summed E-state index contributed by atoms with van der Waals surface area (Å²) in [6.07, 6.45) is 7.23. The lowest BCUT2D eigenvalue weighted by molar-refractivity contribution is -0.116. The smallest absolute Gasteiger partial charge is 0.224 e. The van der Waals surface area contributed by atoms with E-state index in [0.717, 1.165) is 12.8 Å². The first-order valence-electron chi connectivity index (χ1n) is 6.11. The number of nitrogens with one attached hydrogen (secondary N) is 1. The van der Waals surface area contributed by atoms with Crippen LogP contribution in [0.3, 0.4) is 0 Å². The van der Waals surface area contributed by atoms with Crippen molar-refractivity contribution in [2.75, 3.05) is 5.32 Å². The van der Waals surface area contributed by atoms with Gasteiger partial charge < -0.3 is 5.32 Å². The summed E-state index contributed by atoms with van der Waals surface area (Å²) in [5, 5.41) is 2.96. The number of hydrogen-bond donors (Lipinski definition) is 1. The Morgan fingerprint density at radius 1 is 1.17 bits per heavy atom. The first-order valence-corrected chi connectivity index (χ1v) is 6.86. The molecule has 0 unspecified atom stereocenters. The van der Waals surface area contributed by atoms with Crippen LogP contribution in [-0.4, -0.2) is 15.9 Å². The van der Waals surface area contributed by atoms with Crippen LogP contribution in [0.5, 0.6) is 0 Å². The minimum atomic E-state index is -0.106. The number of amides is 1. The van der Waals surface area contributed by atoms with Gasteiger partial charge in [-0.3, -0.25) is 4.79 Å². The number of hydrogen-bond acceptors (Lipinski definition) is 3. The van der Waals surface area contributed by atoms with Crippen LogP contribution in [0.25, 0.3) is 0 Å². The molecule has 1 amide bonds. The monoisotopic (exact) mass is 289 g/mol. The lowest BCUT2D eigenvalue weighted by atomic mass is 10.1. The van der Waals surface area contributed by atoms with Crippen LogP contribution in [0.1, 0.15) is 45.4 Å². The summed E-state index contributed by atoms with van der Waals surface area (Å²) in [6, 6.07) is 0. The molecule has 18 heavy (non-hydrogen) atoms. The standard InChI is InChI=1S/C12H17Cl2N3O/c1-2-3-4-5-6-7-9(18)17-10-11(13)15-8-16-12(10)14/h8H,2-7H2,1H3,(H,17,18). The molecule has 0 aromatic carbocycles. The quantitative estimate of drug-likeness (QED) is 0.608. The van der Waals surface area contributed by atoms with Gasteiger partial charge in [0.2, 0.25) is 5.91 Å². The summed E-state index contributed by atoms with van der Waals surface area (Å²) >= 11 is 11.7. The van der Waals surface area contributed by atoms with E-state index in [-0.39, 0.29) is 16.2 Å². The highest BCUT2D eigenvalue weighted by Gasteiger charge is 2.11. The summed E-state index contributed by atoms with van der Waals surface area (Å²) in [6.45, 7) is 2.16. The van der Waals surface area contributed by atoms with Crippen molar-refractivity contribution in [2.24, 2.45) is 0 Å². The Labute approximate surface area is 117 Å². The zero-order valence-corrected chi connectivity index (χ0v) is 11.9. The van der Waals surface area contributed by atoms with Gasteiger partial charge in [-0.05, 0) is 6.42 Å². The lowest BCUT2D eigenvalue weighted by Crippen LogP contribution is -2.12. The molecule has 1 aromatic heterocycles. The molecule has 0 fully saturated rings. The minimum absolute atomic E-state index is 0.106. The van der Waals surface area contributed by atoms with Crippen LogP contribution >= 0.6 is 23.2 Å². The summed E-state index contributed by atoms with van der Waals surface area (Å²) < 4.78 is 0. The Bertz CT molecular complexity index is 379. The number of nitrogens with zero attached hydrogens (tertiary/aromatic N) is 2. The van der Waals surface area contributed by atoms with E-state index in [9.17, 15) is 4.79 Å².